The molecule has 0 aliphatic rings. The lowest BCUT2D eigenvalue weighted by Crippen LogP contribution is -2.42. The molecule has 0 aliphatic heterocycles. The van der Waals surface area contributed by atoms with Crippen LogP contribution in [0.3, 0.4) is 0 Å². The predicted octanol–water partition coefficient (Wildman–Crippen LogP) is 5.15. The minimum atomic E-state index is 0.320. The van der Waals surface area contributed by atoms with Crippen molar-refractivity contribution in [3.05, 3.63) is 33.8 Å². The van der Waals surface area contributed by atoms with Crippen molar-refractivity contribution in [3.63, 3.8) is 0 Å². The molecule has 1 aromatic carbocycles. The van der Waals surface area contributed by atoms with E-state index in [-0.39, 0.29) is 0 Å². The Morgan fingerprint density at radius 2 is 1.67 bits per heavy atom. The Bertz CT molecular complexity index is 425. The van der Waals surface area contributed by atoms with E-state index in [9.17, 15) is 0 Å². The first-order valence-corrected chi connectivity index (χ1v) is 8.56. The van der Waals surface area contributed by atoms with Gasteiger partial charge in [0.15, 0.2) is 0 Å². The van der Waals surface area contributed by atoms with Gasteiger partial charge in [0.1, 0.15) is 0 Å². The molecule has 0 amide bonds. The molecule has 4 heteroatoms. The van der Waals surface area contributed by atoms with Gasteiger partial charge in [0.25, 0.3) is 0 Å². The highest BCUT2D eigenvalue weighted by molar-refractivity contribution is 6.42. The van der Waals surface area contributed by atoms with E-state index >= 15 is 0 Å². The van der Waals surface area contributed by atoms with Crippen molar-refractivity contribution in [2.24, 2.45) is 0 Å². The molecule has 0 aliphatic carbocycles. The fraction of sp³-hybridized carbons (Fsp3) is 0.647. The number of hydrogen-bond donors (Lipinski definition) is 1. The van der Waals surface area contributed by atoms with E-state index in [1.165, 1.54) is 5.56 Å². The lowest BCUT2D eigenvalue weighted by Gasteiger charge is -2.31. The number of nitrogens with one attached hydrogen (secondary N) is 1. The van der Waals surface area contributed by atoms with Crippen LogP contribution in [0.15, 0.2) is 18.2 Å². The van der Waals surface area contributed by atoms with Crippen molar-refractivity contribution in [2.75, 3.05) is 13.1 Å². The number of benzene rings is 1. The van der Waals surface area contributed by atoms with E-state index in [1.54, 1.807) is 0 Å². The van der Waals surface area contributed by atoms with Gasteiger partial charge in [-0.1, -0.05) is 36.2 Å². The Kier molecular flexibility index (Phi) is 8.04. The highest BCUT2D eigenvalue weighted by Crippen LogP contribution is 2.26. The Hall–Kier alpha value is -0.280. The topological polar surface area (TPSA) is 15.3 Å². The summed E-state index contributed by atoms with van der Waals surface area (Å²) in [5.41, 5.74) is 1.20. The van der Waals surface area contributed by atoms with Crippen LogP contribution >= 0.6 is 23.2 Å². The number of nitrogens with zero attached hydrogens (tertiary/aromatic N) is 1. The van der Waals surface area contributed by atoms with Crippen LogP contribution in [0, 0.1) is 0 Å². The lowest BCUT2D eigenvalue weighted by atomic mass is 10.0. The number of hydrogen-bond acceptors (Lipinski definition) is 2. The molecular weight excluding hydrogens is 303 g/mol. The van der Waals surface area contributed by atoms with Crippen molar-refractivity contribution < 1.29 is 0 Å². The van der Waals surface area contributed by atoms with Gasteiger partial charge < -0.3 is 5.32 Å². The normalized spacial score (nSPS) is 13.4. The summed E-state index contributed by atoms with van der Waals surface area (Å²) in [5, 5.41) is 4.87. The quantitative estimate of drug-likeness (QED) is 0.708. The number of halogens is 2. The molecule has 1 atom stereocenters. The SMILES string of the molecule is CCC(NCCN(C(C)C)C(C)C)c1ccc(Cl)c(Cl)c1. The molecule has 0 saturated carbocycles. The minimum Gasteiger partial charge on any atom is -0.309 e. The first-order valence-electron chi connectivity index (χ1n) is 7.80. The van der Waals surface area contributed by atoms with E-state index in [1.807, 2.05) is 12.1 Å². The van der Waals surface area contributed by atoms with Crippen LogP contribution in [0.4, 0.5) is 0 Å². The van der Waals surface area contributed by atoms with Crippen molar-refractivity contribution in [2.45, 2.75) is 59.2 Å². The summed E-state index contributed by atoms with van der Waals surface area (Å²) >= 11 is 12.1. The van der Waals surface area contributed by atoms with E-state index in [0.717, 1.165) is 19.5 Å². The summed E-state index contributed by atoms with van der Waals surface area (Å²) in [6.07, 6.45) is 1.03. The molecular formula is C17H28Cl2N2. The average Bonchev–Trinajstić information content (AvgIpc) is 2.41. The van der Waals surface area contributed by atoms with Crippen LogP contribution in [0.5, 0.6) is 0 Å². The molecule has 1 rings (SSSR count). The molecule has 0 aromatic heterocycles. The molecule has 0 spiro atoms. The maximum absolute atomic E-state index is 6.11. The van der Waals surface area contributed by atoms with Crippen LogP contribution in [0.2, 0.25) is 10.0 Å². The molecule has 0 radical (unpaired) electrons. The van der Waals surface area contributed by atoms with Crippen LogP contribution in [-0.4, -0.2) is 30.1 Å². The molecule has 1 unspecified atom stereocenters. The van der Waals surface area contributed by atoms with Crippen LogP contribution in [-0.2, 0) is 0 Å². The first-order chi connectivity index (χ1) is 9.86. The van der Waals surface area contributed by atoms with Crippen molar-refractivity contribution >= 4 is 23.2 Å². The maximum Gasteiger partial charge on any atom is 0.0595 e. The molecule has 2 nitrogen and oxygen atoms in total. The molecule has 0 heterocycles. The summed E-state index contributed by atoms with van der Waals surface area (Å²) in [6.45, 7) is 13.2. The van der Waals surface area contributed by atoms with E-state index in [0.29, 0.717) is 28.2 Å². The van der Waals surface area contributed by atoms with E-state index in [2.05, 4.69) is 50.9 Å². The van der Waals surface area contributed by atoms with Gasteiger partial charge in [-0.25, -0.2) is 0 Å². The zero-order chi connectivity index (χ0) is 16.0. The Labute approximate surface area is 139 Å². The fourth-order valence-electron chi connectivity index (χ4n) is 2.71. The largest absolute Gasteiger partial charge is 0.309 e. The maximum atomic E-state index is 6.11. The van der Waals surface area contributed by atoms with E-state index < -0.39 is 0 Å². The molecule has 21 heavy (non-hydrogen) atoms. The smallest absolute Gasteiger partial charge is 0.0595 e. The van der Waals surface area contributed by atoms with E-state index in [4.69, 9.17) is 23.2 Å². The lowest BCUT2D eigenvalue weighted by molar-refractivity contribution is 0.173. The highest BCUT2D eigenvalue weighted by Gasteiger charge is 2.14. The minimum absolute atomic E-state index is 0.320. The van der Waals surface area contributed by atoms with Gasteiger partial charge in [0.05, 0.1) is 10.0 Å². The molecule has 1 aromatic rings. The first kappa shape index (κ1) is 18.8. The molecule has 0 fully saturated rings. The highest BCUT2D eigenvalue weighted by atomic mass is 35.5. The van der Waals surface area contributed by atoms with Crippen molar-refractivity contribution in [1.29, 1.82) is 0 Å². The number of rotatable bonds is 8. The second-order valence-corrected chi connectivity index (χ2v) is 6.83. The Morgan fingerprint density at radius 1 is 1.05 bits per heavy atom. The van der Waals surface area contributed by atoms with Gasteiger partial charge in [0, 0.05) is 31.2 Å². The summed E-state index contributed by atoms with van der Waals surface area (Å²) in [4.78, 5) is 2.49. The second kappa shape index (κ2) is 8.99. The van der Waals surface area contributed by atoms with Crippen LogP contribution < -0.4 is 5.32 Å². The Balaban J connectivity index is 2.60. The van der Waals surface area contributed by atoms with Gasteiger partial charge in [0.2, 0.25) is 0 Å². The van der Waals surface area contributed by atoms with Crippen molar-refractivity contribution in [1.82, 2.24) is 10.2 Å². The fourth-order valence-corrected chi connectivity index (χ4v) is 3.01. The zero-order valence-corrected chi connectivity index (χ0v) is 15.3. The third-order valence-corrected chi connectivity index (χ3v) is 4.58. The standard InChI is InChI=1S/C17H28Cl2N2/c1-6-17(14-7-8-15(18)16(19)11-14)20-9-10-21(12(2)3)13(4)5/h7-8,11-13,17,20H,6,9-10H2,1-5H3. The molecule has 0 bridgehead atoms. The molecule has 120 valence electrons. The summed E-state index contributed by atoms with van der Waals surface area (Å²) < 4.78 is 0. The van der Waals surface area contributed by atoms with Gasteiger partial charge in [-0.2, -0.15) is 0 Å². The molecule has 1 N–H and O–H groups in total. The average molecular weight is 331 g/mol. The zero-order valence-electron chi connectivity index (χ0n) is 13.8. The monoisotopic (exact) mass is 330 g/mol. The van der Waals surface area contributed by atoms with Gasteiger partial charge in [-0.05, 0) is 51.8 Å². The second-order valence-electron chi connectivity index (χ2n) is 6.01. The Morgan fingerprint density at radius 3 is 2.14 bits per heavy atom. The van der Waals surface area contributed by atoms with Gasteiger partial charge >= 0.3 is 0 Å². The third-order valence-electron chi connectivity index (χ3n) is 3.84. The third kappa shape index (κ3) is 5.78. The summed E-state index contributed by atoms with van der Waals surface area (Å²) in [5.74, 6) is 0. The van der Waals surface area contributed by atoms with Crippen LogP contribution in [0.1, 0.15) is 52.6 Å². The predicted molar refractivity (Wildman–Crippen MR) is 94.5 cm³/mol. The van der Waals surface area contributed by atoms with Gasteiger partial charge in [-0.3, -0.25) is 4.90 Å². The molecule has 0 saturated heterocycles. The van der Waals surface area contributed by atoms with Gasteiger partial charge in [-0.15, -0.1) is 0 Å². The van der Waals surface area contributed by atoms with Crippen LogP contribution in [0.25, 0.3) is 0 Å². The van der Waals surface area contributed by atoms with Crippen molar-refractivity contribution in [3.8, 4) is 0 Å². The summed E-state index contributed by atoms with van der Waals surface area (Å²) in [6, 6.07) is 7.35. The summed E-state index contributed by atoms with van der Waals surface area (Å²) in [7, 11) is 0.